The molecule has 69 valence electrons. The summed E-state index contributed by atoms with van der Waals surface area (Å²) >= 11 is 5.94. The molecule has 1 nitrogen and oxygen atoms in total. The Bertz CT molecular complexity index is 457. The van der Waals surface area contributed by atoms with Crippen molar-refractivity contribution in [3.8, 4) is 11.1 Å². The van der Waals surface area contributed by atoms with Gasteiger partial charge in [-0.1, -0.05) is 23.7 Å². The van der Waals surface area contributed by atoms with E-state index in [9.17, 15) is 4.39 Å². The molecule has 0 saturated heterocycles. The van der Waals surface area contributed by atoms with Crippen LogP contribution in [0.2, 0.25) is 5.02 Å². The minimum Gasteiger partial charge on any atom is -0.228 e. The normalized spacial score (nSPS) is 10.1. The predicted octanol–water partition coefficient (Wildman–Crippen LogP) is 3.34. The SMILES string of the molecule is Fc1cc(-c2[c]cccc2Cl)ccn1. The van der Waals surface area contributed by atoms with Gasteiger partial charge in [0.1, 0.15) is 0 Å². The van der Waals surface area contributed by atoms with E-state index in [2.05, 4.69) is 11.1 Å². The van der Waals surface area contributed by atoms with Gasteiger partial charge < -0.3 is 0 Å². The van der Waals surface area contributed by atoms with Crippen LogP contribution >= 0.6 is 11.6 Å². The molecular weight excluding hydrogens is 201 g/mol. The molecule has 2 rings (SSSR count). The Morgan fingerprint density at radius 3 is 2.93 bits per heavy atom. The van der Waals surface area contributed by atoms with Crippen molar-refractivity contribution in [2.75, 3.05) is 0 Å². The summed E-state index contributed by atoms with van der Waals surface area (Å²) in [6.07, 6.45) is 1.40. The molecule has 1 heterocycles. The van der Waals surface area contributed by atoms with Crippen LogP contribution < -0.4 is 0 Å². The maximum atomic E-state index is 12.8. The first-order valence-electron chi connectivity index (χ1n) is 4.05. The van der Waals surface area contributed by atoms with Gasteiger partial charge in [-0.05, 0) is 23.8 Å². The van der Waals surface area contributed by atoms with E-state index in [-0.39, 0.29) is 0 Å². The number of hydrogen-bond acceptors (Lipinski definition) is 1. The summed E-state index contributed by atoms with van der Waals surface area (Å²) in [7, 11) is 0. The second-order valence-corrected chi connectivity index (χ2v) is 3.17. The van der Waals surface area contributed by atoms with Crippen LogP contribution in [0.25, 0.3) is 11.1 Å². The van der Waals surface area contributed by atoms with Crippen LogP contribution in [0.15, 0.2) is 36.5 Å². The van der Waals surface area contributed by atoms with Crippen molar-refractivity contribution in [2.24, 2.45) is 0 Å². The van der Waals surface area contributed by atoms with Crippen molar-refractivity contribution < 1.29 is 4.39 Å². The highest BCUT2D eigenvalue weighted by molar-refractivity contribution is 6.33. The summed E-state index contributed by atoms with van der Waals surface area (Å²) in [5.41, 5.74) is 1.37. The molecule has 2 aromatic rings. The number of rotatable bonds is 1. The van der Waals surface area contributed by atoms with Gasteiger partial charge in [-0.3, -0.25) is 0 Å². The summed E-state index contributed by atoms with van der Waals surface area (Å²) in [5.74, 6) is -0.518. The van der Waals surface area contributed by atoms with Crippen LogP contribution in [-0.4, -0.2) is 4.98 Å². The Balaban J connectivity index is 2.55. The van der Waals surface area contributed by atoms with E-state index >= 15 is 0 Å². The second-order valence-electron chi connectivity index (χ2n) is 2.76. The molecule has 0 aliphatic carbocycles. The van der Waals surface area contributed by atoms with Crippen molar-refractivity contribution in [3.05, 3.63) is 53.6 Å². The number of nitrogens with zero attached hydrogens (tertiary/aromatic N) is 1. The molecule has 0 aliphatic rings. The Labute approximate surface area is 86.2 Å². The number of aromatic nitrogens is 1. The smallest absolute Gasteiger partial charge is 0.213 e. The van der Waals surface area contributed by atoms with Gasteiger partial charge in [0.05, 0.1) is 0 Å². The predicted molar refractivity (Wildman–Crippen MR) is 53.5 cm³/mol. The summed E-state index contributed by atoms with van der Waals surface area (Å²) in [6.45, 7) is 0. The van der Waals surface area contributed by atoms with Gasteiger partial charge in [0, 0.05) is 22.8 Å². The molecule has 0 N–H and O–H groups in total. The zero-order valence-electron chi connectivity index (χ0n) is 7.17. The van der Waals surface area contributed by atoms with E-state index in [1.165, 1.54) is 12.3 Å². The standard InChI is InChI=1S/C11H6ClFN/c12-10-4-2-1-3-9(10)8-5-6-14-11(13)7-8/h1-2,4-7H. The highest BCUT2D eigenvalue weighted by Gasteiger charge is 2.03. The van der Waals surface area contributed by atoms with Crippen LogP contribution in [0.4, 0.5) is 4.39 Å². The molecule has 1 aromatic heterocycles. The molecular formula is C11H6ClFN. The van der Waals surface area contributed by atoms with Crippen molar-refractivity contribution >= 4 is 11.6 Å². The van der Waals surface area contributed by atoms with E-state index in [1.54, 1.807) is 24.3 Å². The van der Waals surface area contributed by atoms with Crippen LogP contribution in [0.5, 0.6) is 0 Å². The molecule has 0 spiro atoms. The lowest BCUT2D eigenvalue weighted by Gasteiger charge is -2.02. The lowest BCUT2D eigenvalue weighted by atomic mass is 10.1. The lowest BCUT2D eigenvalue weighted by molar-refractivity contribution is 0.584. The van der Waals surface area contributed by atoms with Crippen molar-refractivity contribution in [2.45, 2.75) is 0 Å². The fourth-order valence-corrected chi connectivity index (χ4v) is 1.43. The highest BCUT2D eigenvalue weighted by atomic mass is 35.5. The van der Waals surface area contributed by atoms with E-state index in [1.807, 2.05) is 0 Å². The van der Waals surface area contributed by atoms with E-state index in [0.29, 0.717) is 16.1 Å². The Morgan fingerprint density at radius 2 is 2.21 bits per heavy atom. The number of halogens is 2. The molecule has 0 atom stereocenters. The summed E-state index contributed by atoms with van der Waals surface area (Å²) in [6, 6.07) is 11.2. The zero-order valence-corrected chi connectivity index (χ0v) is 7.92. The maximum Gasteiger partial charge on any atom is 0.213 e. The number of benzene rings is 1. The van der Waals surface area contributed by atoms with E-state index < -0.39 is 5.95 Å². The Kier molecular flexibility index (Phi) is 2.46. The van der Waals surface area contributed by atoms with Gasteiger partial charge in [-0.25, -0.2) is 4.98 Å². The number of hydrogen-bond donors (Lipinski definition) is 0. The summed E-state index contributed by atoms with van der Waals surface area (Å²) in [4.78, 5) is 3.47. The summed E-state index contributed by atoms with van der Waals surface area (Å²) in [5, 5.41) is 0.554. The first kappa shape index (κ1) is 9.16. The molecule has 0 amide bonds. The van der Waals surface area contributed by atoms with E-state index in [0.717, 1.165) is 0 Å². The molecule has 1 aromatic carbocycles. The second kappa shape index (κ2) is 3.76. The Hall–Kier alpha value is -1.41. The average Bonchev–Trinajstić information content (AvgIpc) is 2.18. The van der Waals surface area contributed by atoms with Gasteiger partial charge in [0.2, 0.25) is 5.95 Å². The fraction of sp³-hybridized carbons (Fsp3) is 0. The third kappa shape index (κ3) is 1.75. The van der Waals surface area contributed by atoms with Crippen molar-refractivity contribution in [1.29, 1.82) is 0 Å². The molecule has 0 saturated carbocycles. The van der Waals surface area contributed by atoms with E-state index in [4.69, 9.17) is 11.6 Å². The minimum absolute atomic E-state index is 0.518. The molecule has 0 aliphatic heterocycles. The van der Waals surface area contributed by atoms with Gasteiger partial charge in [0.25, 0.3) is 0 Å². The average molecular weight is 207 g/mol. The fourth-order valence-electron chi connectivity index (χ4n) is 1.20. The lowest BCUT2D eigenvalue weighted by Crippen LogP contribution is -1.84. The van der Waals surface area contributed by atoms with Crippen LogP contribution in [0.1, 0.15) is 0 Å². The van der Waals surface area contributed by atoms with Gasteiger partial charge in [-0.2, -0.15) is 4.39 Å². The first-order valence-corrected chi connectivity index (χ1v) is 4.43. The van der Waals surface area contributed by atoms with Gasteiger partial charge in [-0.15, -0.1) is 0 Å². The van der Waals surface area contributed by atoms with Gasteiger partial charge in [0.15, 0.2) is 0 Å². The summed E-state index contributed by atoms with van der Waals surface area (Å²) < 4.78 is 12.8. The van der Waals surface area contributed by atoms with Crippen LogP contribution in [0.3, 0.4) is 0 Å². The molecule has 0 bridgehead atoms. The van der Waals surface area contributed by atoms with Gasteiger partial charge >= 0.3 is 0 Å². The first-order chi connectivity index (χ1) is 6.77. The zero-order chi connectivity index (χ0) is 9.97. The van der Waals surface area contributed by atoms with Crippen molar-refractivity contribution in [3.63, 3.8) is 0 Å². The molecule has 1 radical (unpaired) electrons. The topological polar surface area (TPSA) is 12.9 Å². The minimum atomic E-state index is -0.518. The van der Waals surface area contributed by atoms with Crippen LogP contribution in [-0.2, 0) is 0 Å². The number of pyridine rings is 1. The molecule has 3 heteroatoms. The van der Waals surface area contributed by atoms with Crippen molar-refractivity contribution in [1.82, 2.24) is 4.98 Å². The molecule has 0 fully saturated rings. The third-order valence-corrected chi connectivity index (χ3v) is 2.14. The quantitative estimate of drug-likeness (QED) is 0.653. The third-order valence-electron chi connectivity index (χ3n) is 1.82. The van der Waals surface area contributed by atoms with Crippen LogP contribution in [0, 0.1) is 12.0 Å². The molecule has 0 unspecified atom stereocenters. The maximum absolute atomic E-state index is 12.8. The Morgan fingerprint density at radius 1 is 1.36 bits per heavy atom. The highest BCUT2D eigenvalue weighted by Crippen LogP contribution is 2.26. The molecule has 14 heavy (non-hydrogen) atoms. The largest absolute Gasteiger partial charge is 0.228 e. The monoisotopic (exact) mass is 206 g/mol.